The molecule has 0 unspecified atom stereocenters. The third-order valence-corrected chi connectivity index (χ3v) is 4.35. The molecule has 0 bridgehead atoms. The van der Waals surface area contributed by atoms with Gasteiger partial charge in [0.05, 0.1) is 0 Å². The summed E-state index contributed by atoms with van der Waals surface area (Å²) in [6, 6.07) is -0.815. The molecule has 160 valence electrons. The number of hydrogen-bond donors (Lipinski definition) is 1. The van der Waals surface area contributed by atoms with E-state index in [0.29, 0.717) is 0 Å². The first-order chi connectivity index (χ1) is 13.4. The highest BCUT2D eigenvalue weighted by Crippen LogP contribution is 2.40. The van der Waals surface area contributed by atoms with Gasteiger partial charge in [0.15, 0.2) is 23.7 Å². The van der Waals surface area contributed by atoms with Crippen LogP contribution in [0.15, 0.2) is 16.8 Å². The van der Waals surface area contributed by atoms with E-state index in [1.807, 2.05) is 0 Å². The Hall–Kier alpha value is -3.11. The van der Waals surface area contributed by atoms with Crippen molar-refractivity contribution < 1.29 is 48.0 Å². The average Bonchev–Trinajstić information content (AvgIpc) is 2.97. The fourth-order valence-corrected chi connectivity index (χ4v) is 3.30. The van der Waals surface area contributed by atoms with Crippen LogP contribution in [0, 0.1) is 0 Å². The number of fused-ring (bicyclic) bond motifs is 1. The van der Waals surface area contributed by atoms with E-state index in [-0.39, 0.29) is 5.90 Å². The van der Waals surface area contributed by atoms with Gasteiger partial charge in [-0.25, -0.2) is 9.79 Å². The van der Waals surface area contributed by atoms with E-state index in [4.69, 9.17) is 23.7 Å². The van der Waals surface area contributed by atoms with Gasteiger partial charge < -0.3 is 28.8 Å². The molecule has 0 aromatic heterocycles. The van der Waals surface area contributed by atoms with Crippen molar-refractivity contribution >= 4 is 29.8 Å². The molecule has 0 amide bonds. The van der Waals surface area contributed by atoms with Crippen LogP contribution in [-0.4, -0.2) is 71.4 Å². The van der Waals surface area contributed by atoms with E-state index >= 15 is 0 Å². The molecule has 2 aliphatic rings. The molecule has 11 heteroatoms. The zero-order valence-corrected chi connectivity index (χ0v) is 16.7. The second-order valence-corrected chi connectivity index (χ2v) is 6.78. The maximum Gasteiger partial charge on any atom is 0.370 e. The first-order valence-corrected chi connectivity index (χ1v) is 8.77. The van der Waals surface area contributed by atoms with Gasteiger partial charge in [-0.3, -0.25) is 14.4 Å². The van der Waals surface area contributed by atoms with Crippen molar-refractivity contribution in [2.75, 3.05) is 6.61 Å². The molecule has 0 aromatic carbocycles. The number of carboxylic acid groups (broad SMARTS) is 1. The lowest BCUT2D eigenvalue weighted by Crippen LogP contribution is -2.62. The fourth-order valence-electron chi connectivity index (χ4n) is 3.30. The number of rotatable bonds is 7. The Morgan fingerprint density at radius 3 is 2.31 bits per heavy atom. The minimum atomic E-state index is -1.61. The Balaban J connectivity index is 2.52. The van der Waals surface area contributed by atoms with E-state index in [1.54, 1.807) is 6.92 Å². The van der Waals surface area contributed by atoms with Crippen molar-refractivity contribution in [3.8, 4) is 0 Å². The molecule has 0 saturated carbocycles. The number of aliphatic carboxylic acids is 1. The molecule has 0 saturated heterocycles. The second-order valence-electron chi connectivity index (χ2n) is 6.78. The number of carbonyl (C=O) groups is 4. The van der Waals surface area contributed by atoms with Gasteiger partial charge in [-0.2, -0.15) is 0 Å². The molecule has 0 fully saturated rings. The number of carbonyl (C=O) groups excluding carboxylic acids is 3. The molecular weight excluding hydrogens is 390 g/mol. The van der Waals surface area contributed by atoms with E-state index in [2.05, 4.69) is 4.99 Å². The van der Waals surface area contributed by atoms with E-state index < -0.39 is 66.2 Å². The Bertz CT molecular complexity index is 773. The standard InChI is InChI=1S/C18H23NO10/c1-8-19-15-12(26-8)6-13(17(23)24)29-18(15,5)16(28-11(4)22)14(27-10(3)21)7-25-9(2)20/h6,12,14-16H,7H2,1-5H3,(H,23,24)/t12-,14-,15+,16+,18-/m1/s1. The van der Waals surface area contributed by atoms with Gasteiger partial charge in [-0.05, 0) is 6.92 Å². The van der Waals surface area contributed by atoms with Crippen molar-refractivity contribution in [2.45, 2.75) is 64.6 Å². The summed E-state index contributed by atoms with van der Waals surface area (Å²) in [5.41, 5.74) is -1.61. The Morgan fingerprint density at radius 2 is 1.79 bits per heavy atom. The van der Waals surface area contributed by atoms with Gasteiger partial charge in [0.1, 0.15) is 18.8 Å². The predicted octanol–water partition coefficient (Wildman–Crippen LogP) is 0.356. The topological polar surface area (TPSA) is 147 Å². The molecule has 0 spiro atoms. The minimum absolute atomic E-state index is 0.281. The van der Waals surface area contributed by atoms with Crippen LogP contribution in [0.3, 0.4) is 0 Å². The smallest absolute Gasteiger partial charge is 0.370 e. The minimum Gasteiger partial charge on any atom is -0.475 e. The number of ether oxygens (including phenoxy) is 5. The lowest BCUT2D eigenvalue weighted by Gasteiger charge is -2.45. The van der Waals surface area contributed by atoms with Gasteiger partial charge in [0, 0.05) is 33.8 Å². The number of carboxylic acids is 1. The SMILES string of the molecule is CC(=O)OC[C@@H](OC(C)=O)[C@H](OC(C)=O)[C@]1(C)OC(C(=O)O)=C[C@H]2OC(C)=N[C@@H]21. The Morgan fingerprint density at radius 1 is 1.17 bits per heavy atom. The van der Waals surface area contributed by atoms with Crippen molar-refractivity contribution in [1.82, 2.24) is 0 Å². The highest BCUT2D eigenvalue weighted by atomic mass is 16.6. The molecule has 0 aliphatic carbocycles. The summed E-state index contributed by atoms with van der Waals surface area (Å²) in [6.45, 7) is 6.01. The molecule has 2 aliphatic heterocycles. The van der Waals surface area contributed by atoms with Crippen molar-refractivity contribution in [3.05, 3.63) is 11.8 Å². The summed E-state index contributed by atoms with van der Waals surface area (Å²) in [5, 5.41) is 9.43. The van der Waals surface area contributed by atoms with Crippen LogP contribution in [0.5, 0.6) is 0 Å². The van der Waals surface area contributed by atoms with Crippen LogP contribution in [0.2, 0.25) is 0 Å². The van der Waals surface area contributed by atoms with Crippen LogP contribution in [0.25, 0.3) is 0 Å². The van der Waals surface area contributed by atoms with E-state index in [0.717, 1.165) is 20.8 Å². The summed E-state index contributed by atoms with van der Waals surface area (Å²) >= 11 is 0. The van der Waals surface area contributed by atoms with Crippen LogP contribution in [-0.2, 0) is 42.9 Å². The normalized spacial score (nSPS) is 27.1. The van der Waals surface area contributed by atoms with Gasteiger partial charge in [-0.1, -0.05) is 0 Å². The Kier molecular flexibility index (Phi) is 6.50. The first-order valence-electron chi connectivity index (χ1n) is 8.77. The summed E-state index contributed by atoms with van der Waals surface area (Å²) in [5.74, 6) is -3.66. The lowest BCUT2D eigenvalue weighted by atomic mass is 9.82. The number of esters is 3. The Labute approximate surface area is 166 Å². The predicted molar refractivity (Wildman–Crippen MR) is 94.7 cm³/mol. The molecule has 2 heterocycles. The highest BCUT2D eigenvalue weighted by molar-refractivity contribution is 5.85. The molecular formula is C18H23NO10. The third-order valence-electron chi connectivity index (χ3n) is 4.35. The third kappa shape index (κ3) is 5.04. The van der Waals surface area contributed by atoms with Crippen LogP contribution < -0.4 is 0 Å². The van der Waals surface area contributed by atoms with Crippen LogP contribution in [0.1, 0.15) is 34.6 Å². The number of aliphatic imine (C=N–C) groups is 1. The highest BCUT2D eigenvalue weighted by Gasteiger charge is 2.58. The second kappa shape index (κ2) is 8.50. The summed E-state index contributed by atoms with van der Waals surface area (Å²) in [7, 11) is 0. The van der Waals surface area contributed by atoms with Gasteiger partial charge in [-0.15, -0.1) is 0 Å². The van der Waals surface area contributed by atoms with Crippen molar-refractivity contribution in [3.63, 3.8) is 0 Å². The average molecular weight is 413 g/mol. The lowest BCUT2D eigenvalue weighted by molar-refractivity contribution is -0.206. The van der Waals surface area contributed by atoms with Crippen LogP contribution >= 0.6 is 0 Å². The largest absolute Gasteiger partial charge is 0.475 e. The monoisotopic (exact) mass is 413 g/mol. The maximum atomic E-state index is 11.8. The van der Waals surface area contributed by atoms with Crippen molar-refractivity contribution in [2.24, 2.45) is 4.99 Å². The zero-order chi connectivity index (χ0) is 21.9. The molecule has 11 nitrogen and oxygen atoms in total. The molecule has 1 N–H and O–H groups in total. The summed E-state index contributed by atoms with van der Waals surface area (Å²) in [4.78, 5) is 50.6. The summed E-state index contributed by atoms with van der Waals surface area (Å²) < 4.78 is 26.8. The molecule has 0 aromatic rings. The quantitative estimate of drug-likeness (QED) is 0.458. The molecule has 29 heavy (non-hydrogen) atoms. The number of nitrogens with zero attached hydrogens (tertiary/aromatic N) is 1. The van der Waals surface area contributed by atoms with Gasteiger partial charge in [0.2, 0.25) is 5.76 Å². The molecule has 2 rings (SSSR count). The maximum absolute atomic E-state index is 11.8. The van der Waals surface area contributed by atoms with Crippen LogP contribution in [0.4, 0.5) is 0 Å². The molecule has 5 atom stereocenters. The van der Waals surface area contributed by atoms with Crippen molar-refractivity contribution in [1.29, 1.82) is 0 Å². The van der Waals surface area contributed by atoms with Gasteiger partial charge >= 0.3 is 23.9 Å². The van der Waals surface area contributed by atoms with E-state index in [1.165, 1.54) is 13.0 Å². The zero-order valence-electron chi connectivity index (χ0n) is 16.7. The first kappa shape index (κ1) is 22.2. The molecule has 0 radical (unpaired) electrons. The number of hydrogen-bond acceptors (Lipinski definition) is 10. The van der Waals surface area contributed by atoms with Gasteiger partial charge in [0.25, 0.3) is 0 Å². The summed E-state index contributed by atoms with van der Waals surface area (Å²) in [6.07, 6.45) is -2.19. The van der Waals surface area contributed by atoms with E-state index in [9.17, 15) is 24.3 Å². The fraction of sp³-hybridized carbons (Fsp3) is 0.611.